The Labute approximate surface area is 122 Å². The van der Waals surface area contributed by atoms with E-state index in [0.29, 0.717) is 12.5 Å². The Bertz CT molecular complexity index is 553. The predicted molar refractivity (Wildman–Crippen MR) is 76.9 cm³/mol. The summed E-state index contributed by atoms with van der Waals surface area (Å²) in [4.78, 5) is 22.3. The molecule has 20 heavy (non-hydrogen) atoms. The molecule has 0 radical (unpaired) electrons. The maximum absolute atomic E-state index is 12.1. The van der Waals surface area contributed by atoms with E-state index in [1.807, 2.05) is 0 Å². The molecule has 0 saturated heterocycles. The number of carbonyl (C=O) groups is 1. The van der Waals surface area contributed by atoms with Crippen molar-refractivity contribution in [2.45, 2.75) is 26.7 Å². The minimum absolute atomic E-state index is 0.107. The van der Waals surface area contributed by atoms with Gasteiger partial charge in [-0.25, -0.2) is 0 Å². The molecule has 0 aromatic heterocycles. The molecule has 1 aliphatic carbocycles. The number of carbonyl (C=O) groups excluding carboxylic acids is 1. The van der Waals surface area contributed by atoms with Crippen LogP contribution < -0.4 is 5.32 Å². The molecule has 2 rings (SSSR count). The highest BCUT2D eigenvalue weighted by Gasteiger charge is 2.45. The lowest BCUT2D eigenvalue weighted by Gasteiger charge is -2.20. The molecule has 1 aromatic rings. The third kappa shape index (κ3) is 2.77. The average molecular weight is 297 g/mol. The van der Waals surface area contributed by atoms with Crippen LogP contribution in [0.2, 0.25) is 5.02 Å². The molecule has 1 aromatic carbocycles. The highest BCUT2D eigenvalue weighted by Crippen LogP contribution is 2.51. The Morgan fingerprint density at radius 2 is 2.15 bits per heavy atom. The van der Waals surface area contributed by atoms with Crippen molar-refractivity contribution in [3.05, 3.63) is 38.9 Å². The topological polar surface area (TPSA) is 72.2 Å². The van der Waals surface area contributed by atoms with Gasteiger partial charge in [0.15, 0.2) is 0 Å². The van der Waals surface area contributed by atoms with Crippen LogP contribution in [0.5, 0.6) is 0 Å². The second-order valence-corrected chi connectivity index (χ2v) is 5.97. The average Bonchev–Trinajstić information content (AvgIpc) is 3.17. The minimum atomic E-state index is -0.588. The van der Waals surface area contributed by atoms with E-state index in [0.717, 1.165) is 12.8 Å². The second kappa shape index (κ2) is 5.40. The summed E-state index contributed by atoms with van der Waals surface area (Å²) in [6.45, 7) is 4.86. The number of hydrogen-bond acceptors (Lipinski definition) is 3. The number of nitrogens with zero attached hydrogens (tertiary/aromatic N) is 1. The molecule has 1 N–H and O–H groups in total. The molecule has 0 spiro atoms. The Hall–Kier alpha value is -1.62. The first kappa shape index (κ1) is 14.8. The third-order valence-corrected chi connectivity index (χ3v) is 4.53. The first-order chi connectivity index (χ1) is 9.37. The van der Waals surface area contributed by atoms with Crippen molar-refractivity contribution in [3.8, 4) is 0 Å². The molecule has 0 aliphatic heterocycles. The summed E-state index contributed by atoms with van der Waals surface area (Å²) in [5.41, 5.74) is 0.0905. The van der Waals surface area contributed by atoms with Gasteiger partial charge in [-0.1, -0.05) is 31.5 Å². The largest absolute Gasteiger partial charge is 0.351 e. The molecule has 108 valence electrons. The number of rotatable bonds is 5. The van der Waals surface area contributed by atoms with Gasteiger partial charge in [-0.05, 0) is 30.2 Å². The standard InChI is InChI=1S/C14H17ClN2O3/c1-9(2)14(6-7-14)8-16-13(18)10-4-3-5-11(12(10)15)17(19)20/h3-5,9H,6-8H2,1-2H3,(H,16,18). The van der Waals surface area contributed by atoms with E-state index in [9.17, 15) is 14.9 Å². The van der Waals surface area contributed by atoms with Gasteiger partial charge < -0.3 is 5.32 Å². The van der Waals surface area contributed by atoms with Crippen molar-refractivity contribution in [3.63, 3.8) is 0 Å². The van der Waals surface area contributed by atoms with Crippen LogP contribution in [0.25, 0.3) is 0 Å². The van der Waals surface area contributed by atoms with Crippen LogP contribution >= 0.6 is 11.6 Å². The molecular weight excluding hydrogens is 280 g/mol. The number of amides is 1. The van der Waals surface area contributed by atoms with Gasteiger partial charge in [-0.3, -0.25) is 14.9 Å². The summed E-state index contributed by atoms with van der Waals surface area (Å²) in [5.74, 6) is 0.147. The van der Waals surface area contributed by atoms with E-state index in [-0.39, 0.29) is 27.6 Å². The second-order valence-electron chi connectivity index (χ2n) is 5.60. The van der Waals surface area contributed by atoms with Crippen molar-refractivity contribution in [2.75, 3.05) is 6.54 Å². The first-order valence-corrected chi connectivity index (χ1v) is 6.96. The smallest absolute Gasteiger partial charge is 0.288 e. The zero-order valence-corrected chi connectivity index (χ0v) is 12.2. The van der Waals surface area contributed by atoms with Crippen molar-refractivity contribution < 1.29 is 9.72 Å². The van der Waals surface area contributed by atoms with Crippen molar-refractivity contribution in [2.24, 2.45) is 11.3 Å². The van der Waals surface area contributed by atoms with E-state index >= 15 is 0 Å². The summed E-state index contributed by atoms with van der Waals surface area (Å²) in [7, 11) is 0. The molecule has 1 aliphatic rings. The number of nitro groups is 1. The van der Waals surface area contributed by atoms with Crippen LogP contribution in [-0.2, 0) is 0 Å². The minimum Gasteiger partial charge on any atom is -0.351 e. The van der Waals surface area contributed by atoms with Gasteiger partial charge >= 0.3 is 0 Å². The number of hydrogen-bond donors (Lipinski definition) is 1. The van der Waals surface area contributed by atoms with Gasteiger partial charge in [0.05, 0.1) is 10.5 Å². The fourth-order valence-corrected chi connectivity index (χ4v) is 2.59. The quantitative estimate of drug-likeness (QED) is 0.668. The van der Waals surface area contributed by atoms with Crippen LogP contribution in [0.1, 0.15) is 37.0 Å². The number of halogens is 1. The molecule has 0 atom stereocenters. The molecule has 0 unspecified atom stereocenters. The van der Waals surface area contributed by atoms with E-state index in [4.69, 9.17) is 11.6 Å². The molecule has 1 fully saturated rings. The van der Waals surface area contributed by atoms with Gasteiger partial charge in [-0.2, -0.15) is 0 Å². The number of benzene rings is 1. The van der Waals surface area contributed by atoms with Crippen molar-refractivity contribution >= 4 is 23.2 Å². The highest BCUT2D eigenvalue weighted by atomic mass is 35.5. The molecular formula is C14H17ClN2O3. The van der Waals surface area contributed by atoms with E-state index in [2.05, 4.69) is 19.2 Å². The summed E-state index contributed by atoms with van der Waals surface area (Å²) >= 11 is 5.92. The molecule has 1 saturated carbocycles. The Balaban J connectivity index is 2.10. The van der Waals surface area contributed by atoms with Crippen LogP contribution in [0.3, 0.4) is 0 Å². The van der Waals surface area contributed by atoms with Crippen LogP contribution in [0.15, 0.2) is 18.2 Å². The number of nitrogens with one attached hydrogen (secondary N) is 1. The van der Waals surface area contributed by atoms with Crippen LogP contribution in [0.4, 0.5) is 5.69 Å². The monoisotopic (exact) mass is 296 g/mol. The molecule has 0 heterocycles. The SMILES string of the molecule is CC(C)C1(CNC(=O)c2cccc([N+](=O)[O-])c2Cl)CC1. The molecule has 1 amide bonds. The molecule has 6 heteroatoms. The lowest BCUT2D eigenvalue weighted by atomic mass is 9.92. The first-order valence-electron chi connectivity index (χ1n) is 6.58. The highest BCUT2D eigenvalue weighted by molar-refractivity contribution is 6.35. The van der Waals surface area contributed by atoms with E-state index in [1.165, 1.54) is 18.2 Å². The zero-order chi connectivity index (χ0) is 14.9. The van der Waals surface area contributed by atoms with Gasteiger partial charge in [-0.15, -0.1) is 0 Å². The third-order valence-electron chi connectivity index (χ3n) is 4.14. The lowest BCUT2D eigenvalue weighted by Crippen LogP contribution is -2.32. The van der Waals surface area contributed by atoms with Gasteiger partial charge in [0.1, 0.15) is 5.02 Å². The fourth-order valence-electron chi connectivity index (χ4n) is 2.31. The predicted octanol–water partition coefficient (Wildman–Crippen LogP) is 3.41. The van der Waals surface area contributed by atoms with Crippen LogP contribution in [0, 0.1) is 21.4 Å². The Morgan fingerprint density at radius 1 is 1.50 bits per heavy atom. The summed E-state index contributed by atoms with van der Waals surface area (Å²) < 4.78 is 0. The van der Waals surface area contributed by atoms with Crippen molar-refractivity contribution in [1.82, 2.24) is 5.32 Å². The normalized spacial score (nSPS) is 16.0. The zero-order valence-electron chi connectivity index (χ0n) is 11.5. The molecule has 0 bridgehead atoms. The van der Waals surface area contributed by atoms with Gasteiger partial charge in [0.25, 0.3) is 11.6 Å². The maximum Gasteiger partial charge on any atom is 0.288 e. The number of nitro benzene ring substituents is 1. The Morgan fingerprint density at radius 3 is 2.65 bits per heavy atom. The van der Waals surface area contributed by atoms with Crippen LogP contribution in [-0.4, -0.2) is 17.4 Å². The van der Waals surface area contributed by atoms with Crippen molar-refractivity contribution in [1.29, 1.82) is 0 Å². The fraction of sp³-hybridized carbons (Fsp3) is 0.500. The van der Waals surface area contributed by atoms with Gasteiger partial charge in [0, 0.05) is 12.6 Å². The lowest BCUT2D eigenvalue weighted by molar-refractivity contribution is -0.384. The van der Waals surface area contributed by atoms with E-state index < -0.39 is 4.92 Å². The van der Waals surface area contributed by atoms with Gasteiger partial charge in [0.2, 0.25) is 0 Å². The summed E-state index contributed by atoms with van der Waals surface area (Å²) in [6, 6.07) is 4.25. The molecule has 5 nitrogen and oxygen atoms in total. The van der Waals surface area contributed by atoms with E-state index in [1.54, 1.807) is 0 Å². The Kier molecular flexibility index (Phi) is 3.99. The summed E-state index contributed by atoms with van der Waals surface area (Å²) in [5, 5.41) is 13.5. The maximum atomic E-state index is 12.1. The summed E-state index contributed by atoms with van der Waals surface area (Å²) in [6.07, 6.45) is 2.21.